The molecular formula is C8H13NO. The SMILES string of the molecule is CCC#CC(O)C1CNC1. The van der Waals surface area contributed by atoms with Crippen molar-refractivity contribution < 1.29 is 5.11 Å². The van der Waals surface area contributed by atoms with E-state index in [1.807, 2.05) is 6.92 Å². The predicted molar refractivity (Wildman–Crippen MR) is 40.4 cm³/mol. The average Bonchev–Trinajstić information content (AvgIpc) is 1.79. The van der Waals surface area contributed by atoms with Crippen LogP contribution in [0.5, 0.6) is 0 Å². The second-order valence-electron chi connectivity index (χ2n) is 2.54. The summed E-state index contributed by atoms with van der Waals surface area (Å²) < 4.78 is 0. The van der Waals surface area contributed by atoms with Crippen molar-refractivity contribution in [3.8, 4) is 11.8 Å². The highest BCUT2D eigenvalue weighted by Crippen LogP contribution is 2.07. The first kappa shape index (κ1) is 7.59. The lowest BCUT2D eigenvalue weighted by atomic mass is 9.97. The van der Waals surface area contributed by atoms with Gasteiger partial charge in [-0.2, -0.15) is 0 Å². The van der Waals surface area contributed by atoms with E-state index in [0.29, 0.717) is 5.92 Å². The number of nitrogens with one attached hydrogen (secondary N) is 1. The van der Waals surface area contributed by atoms with Crippen molar-refractivity contribution in [1.29, 1.82) is 0 Å². The zero-order chi connectivity index (χ0) is 7.40. The zero-order valence-corrected chi connectivity index (χ0v) is 6.22. The van der Waals surface area contributed by atoms with Gasteiger partial charge >= 0.3 is 0 Å². The van der Waals surface area contributed by atoms with Crippen molar-refractivity contribution in [2.45, 2.75) is 19.4 Å². The maximum Gasteiger partial charge on any atom is 0.119 e. The molecule has 0 spiro atoms. The zero-order valence-electron chi connectivity index (χ0n) is 6.22. The third-order valence-electron chi connectivity index (χ3n) is 1.69. The number of aliphatic hydroxyl groups excluding tert-OH is 1. The molecule has 0 amide bonds. The van der Waals surface area contributed by atoms with Gasteiger partial charge in [0.25, 0.3) is 0 Å². The average molecular weight is 139 g/mol. The molecule has 1 fully saturated rings. The fourth-order valence-corrected chi connectivity index (χ4v) is 0.859. The Morgan fingerprint density at radius 2 is 2.40 bits per heavy atom. The van der Waals surface area contributed by atoms with Crippen LogP contribution in [0, 0.1) is 17.8 Å². The molecule has 2 nitrogen and oxygen atoms in total. The Hall–Kier alpha value is -0.520. The smallest absolute Gasteiger partial charge is 0.119 e. The summed E-state index contributed by atoms with van der Waals surface area (Å²) >= 11 is 0. The minimum Gasteiger partial charge on any atom is -0.380 e. The van der Waals surface area contributed by atoms with Crippen LogP contribution in [0.15, 0.2) is 0 Å². The lowest BCUT2D eigenvalue weighted by Gasteiger charge is -2.28. The number of rotatable bonds is 1. The van der Waals surface area contributed by atoms with E-state index in [0.717, 1.165) is 19.5 Å². The summed E-state index contributed by atoms with van der Waals surface area (Å²) in [5.41, 5.74) is 0. The Kier molecular flexibility index (Phi) is 2.73. The molecule has 10 heavy (non-hydrogen) atoms. The lowest BCUT2D eigenvalue weighted by molar-refractivity contribution is 0.124. The van der Waals surface area contributed by atoms with Crippen molar-refractivity contribution >= 4 is 0 Å². The minimum absolute atomic E-state index is 0.374. The standard InChI is InChI=1S/C8H13NO/c1-2-3-4-8(10)7-5-9-6-7/h7-10H,2,5-6H2,1H3. The van der Waals surface area contributed by atoms with Crippen LogP contribution in [0.4, 0.5) is 0 Å². The van der Waals surface area contributed by atoms with E-state index in [-0.39, 0.29) is 0 Å². The van der Waals surface area contributed by atoms with E-state index in [1.165, 1.54) is 0 Å². The van der Waals surface area contributed by atoms with Crippen LogP contribution in [0.3, 0.4) is 0 Å². The first-order chi connectivity index (χ1) is 4.84. The summed E-state index contributed by atoms with van der Waals surface area (Å²) in [5, 5.41) is 12.4. The monoisotopic (exact) mass is 139 g/mol. The maximum atomic E-state index is 9.29. The van der Waals surface area contributed by atoms with E-state index < -0.39 is 6.10 Å². The molecule has 0 aromatic heterocycles. The van der Waals surface area contributed by atoms with Gasteiger partial charge in [0.15, 0.2) is 0 Å². The van der Waals surface area contributed by atoms with Crippen LogP contribution in [0.1, 0.15) is 13.3 Å². The Morgan fingerprint density at radius 3 is 2.80 bits per heavy atom. The van der Waals surface area contributed by atoms with Crippen LogP contribution >= 0.6 is 0 Å². The second-order valence-corrected chi connectivity index (χ2v) is 2.54. The molecule has 1 heterocycles. The quantitative estimate of drug-likeness (QED) is 0.500. The molecule has 56 valence electrons. The van der Waals surface area contributed by atoms with Crippen molar-refractivity contribution in [3.05, 3.63) is 0 Å². The van der Waals surface area contributed by atoms with E-state index >= 15 is 0 Å². The summed E-state index contributed by atoms with van der Waals surface area (Å²) in [7, 11) is 0. The van der Waals surface area contributed by atoms with Crippen LogP contribution in [-0.2, 0) is 0 Å². The predicted octanol–water partition coefficient (Wildman–Crippen LogP) is -0.0199. The molecule has 0 aromatic carbocycles. The fraction of sp³-hybridized carbons (Fsp3) is 0.750. The molecule has 0 aliphatic carbocycles. The van der Waals surface area contributed by atoms with Crippen LogP contribution < -0.4 is 5.32 Å². The molecule has 1 aliphatic rings. The largest absolute Gasteiger partial charge is 0.380 e. The molecule has 0 bridgehead atoms. The van der Waals surface area contributed by atoms with Gasteiger partial charge in [0.05, 0.1) is 0 Å². The van der Waals surface area contributed by atoms with Gasteiger partial charge in [-0.3, -0.25) is 0 Å². The molecule has 2 N–H and O–H groups in total. The van der Waals surface area contributed by atoms with Crippen molar-refractivity contribution in [1.82, 2.24) is 5.32 Å². The van der Waals surface area contributed by atoms with Gasteiger partial charge in [-0.05, 0) is 0 Å². The highest BCUT2D eigenvalue weighted by atomic mass is 16.3. The summed E-state index contributed by atoms with van der Waals surface area (Å²) in [5.74, 6) is 6.04. The van der Waals surface area contributed by atoms with Gasteiger partial charge in [-0.15, -0.1) is 5.92 Å². The van der Waals surface area contributed by atoms with Crippen molar-refractivity contribution in [2.75, 3.05) is 13.1 Å². The fourth-order valence-electron chi connectivity index (χ4n) is 0.859. The summed E-state index contributed by atoms with van der Waals surface area (Å²) in [6.07, 6.45) is 0.429. The highest BCUT2D eigenvalue weighted by molar-refractivity contribution is 5.07. The molecule has 0 radical (unpaired) electrons. The molecule has 1 rings (SSSR count). The molecule has 0 saturated carbocycles. The minimum atomic E-state index is -0.402. The van der Waals surface area contributed by atoms with E-state index in [2.05, 4.69) is 17.2 Å². The third kappa shape index (κ3) is 1.73. The topological polar surface area (TPSA) is 32.3 Å². The molecule has 2 heteroatoms. The van der Waals surface area contributed by atoms with Gasteiger partial charge in [0.2, 0.25) is 0 Å². The van der Waals surface area contributed by atoms with Crippen molar-refractivity contribution in [2.24, 2.45) is 5.92 Å². The normalized spacial score (nSPS) is 20.6. The Bertz CT molecular complexity index is 152. The third-order valence-corrected chi connectivity index (χ3v) is 1.69. The first-order valence-corrected chi connectivity index (χ1v) is 3.71. The first-order valence-electron chi connectivity index (χ1n) is 3.71. The second kappa shape index (κ2) is 3.60. The summed E-state index contributed by atoms with van der Waals surface area (Å²) in [4.78, 5) is 0. The van der Waals surface area contributed by atoms with Gasteiger partial charge in [-0.1, -0.05) is 12.8 Å². The van der Waals surface area contributed by atoms with E-state index in [1.54, 1.807) is 0 Å². The van der Waals surface area contributed by atoms with Gasteiger partial charge in [0.1, 0.15) is 6.10 Å². The van der Waals surface area contributed by atoms with E-state index in [9.17, 15) is 5.11 Å². The van der Waals surface area contributed by atoms with Crippen LogP contribution in [-0.4, -0.2) is 24.3 Å². The van der Waals surface area contributed by atoms with Gasteiger partial charge in [0, 0.05) is 25.4 Å². The number of hydrogen-bond donors (Lipinski definition) is 2. The maximum absolute atomic E-state index is 9.29. The van der Waals surface area contributed by atoms with Gasteiger partial charge in [-0.25, -0.2) is 0 Å². The Morgan fingerprint density at radius 1 is 1.70 bits per heavy atom. The summed E-state index contributed by atoms with van der Waals surface area (Å²) in [6.45, 7) is 3.82. The van der Waals surface area contributed by atoms with Crippen LogP contribution in [0.25, 0.3) is 0 Å². The molecule has 1 atom stereocenters. The highest BCUT2D eigenvalue weighted by Gasteiger charge is 2.23. The molecule has 0 aromatic rings. The molecule has 1 saturated heterocycles. The Balaban J connectivity index is 2.25. The Labute approximate surface area is 61.6 Å². The van der Waals surface area contributed by atoms with Crippen LogP contribution in [0.2, 0.25) is 0 Å². The molecule has 1 aliphatic heterocycles. The molecular weight excluding hydrogens is 126 g/mol. The number of hydrogen-bond acceptors (Lipinski definition) is 2. The lowest BCUT2D eigenvalue weighted by Crippen LogP contribution is -2.48. The number of aliphatic hydroxyl groups is 1. The van der Waals surface area contributed by atoms with E-state index in [4.69, 9.17) is 0 Å². The summed E-state index contributed by atoms with van der Waals surface area (Å²) in [6, 6.07) is 0. The van der Waals surface area contributed by atoms with Crippen molar-refractivity contribution in [3.63, 3.8) is 0 Å². The van der Waals surface area contributed by atoms with Gasteiger partial charge < -0.3 is 10.4 Å². The molecule has 1 unspecified atom stereocenters.